The number of para-hydroxylation sites is 2. The fourth-order valence-corrected chi connectivity index (χ4v) is 2.94. The average Bonchev–Trinajstić information content (AvgIpc) is 2.70. The second kappa shape index (κ2) is 6.29. The monoisotopic (exact) mass is 262 g/mol. The first-order chi connectivity index (χ1) is 9.24. The third-order valence-electron chi connectivity index (χ3n) is 4.38. The molecule has 1 saturated heterocycles. The lowest BCUT2D eigenvalue weighted by Crippen LogP contribution is -2.50. The van der Waals surface area contributed by atoms with E-state index in [4.69, 9.17) is 4.74 Å². The molecule has 1 aliphatic rings. The van der Waals surface area contributed by atoms with Gasteiger partial charge in [0.15, 0.2) is 0 Å². The SMILES string of the molecule is CCC1(CC)CN(c2ccccc2OC)CCCN1. The Balaban J connectivity index is 2.27. The van der Waals surface area contributed by atoms with Gasteiger partial charge in [-0.1, -0.05) is 26.0 Å². The Morgan fingerprint density at radius 3 is 2.68 bits per heavy atom. The molecule has 19 heavy (non-hydrogen) atoms. The van der Waals surface area contributed by atoms with Crippen molar-refractivity contribution in [3.05, 3.63) is 24.3 Å². The molecule has 106 valence electrons. The Morgan fingerprint density at radius 1 is 1.26 bits per heavy atom. The quantitative estimate of drug-likeness (QED) is 0.902. The zero-order chi connectivity index (χ0) is 13.7. The highest BCUT2D eigenvalue weighted by atomic mass is 16.5. The van der Waals surface area contributed by atoms with Crippen LogP contribution in [0.3, 0.4) is 0 Å². The third-order valence-corrected chi connectivity index (χ3v) is 4.38. The molecule has 2 rings (SSSR count). The summed E-state index contributed by atoms with van der Waals surface area (Å²) < 4.78 is 5.51. The van der Waals surface area contributed by atoms with Crippen molar-refractivity contribution < 1.29 is 4.74 Å². The number of nitrogens with zero attached hydrogens (tertiary/aromatic N) is 1. The molecule has 1 aromatic rings. The van der Waals surface area contributed by atoms with Crippen LogP contribution < -0.4 is 15.0 Å². The predicted molar refractivity (Wildman–Crippen MR) is 81.1 cm³/mol. The van der Waals surface area contributed by atoms with Crippen LogP contribution in [0.1, 0.15) is 33.1 Å². The maximum Gasteiger partial charge on any atom is 0.142 e. The summed E-state index contributed by atoms with van der Waals surface area (Å²) >= 11 is 0. The number of benzene rings is 1. The molecule has 0 spiro atoms. The van der Waals surface area contributed by atoms with E-state index in [0.717, 1.165) is 38.2 Å². The highest BCUT2D eigenvalue weighted by molar-refractivity contribution is 5.58. The molecule has 0 bridgehead atoms. The summed E-state index contributed by atoms with van der Waals surface area (Å²) in [5.74, 6) is 0.977. The first kappa shape index (κ1) is 14.2. The summed E-state index contributed by atoms with van der Waals surface area (Å²) in [7, 11) is 1.75. The minimum absolute atomic E-state index is 0.233. The fourth-order valence-electron chi connectivity index (χ4n) is 2.94. The van der Waals surface area contributed by atoms with E-state index in [2.05, 4.69) is 36.2 Å². The molecule has 0 unspecified atom stereocenters. The van der Waals surface area contributed by atoms with E-state index in [1.165, 1.54) is 12.1 Å². The summed E-state index contributed by atoms with van der Waals surface area (Å²) in [6.07, 6.45) is 3.50. The van der Waals surface area contributed by atoms with Gasteiger partial charge in [-0.3, -0.25) is 0 Å². The third kappa shape index (κ3) is 3.03. The number of methoxy groups -OCH3 is 1. The standard InChI is InChI=1S/C16H26N2O/c1-4-16(5-2)13-18(12-8-11-17-16)14-9-6-7-10-15(14)19-3/h6-7,9-10,17H,4-5,8,11-13H2,1-3H3. The van der Waals surface area contributed by atoms with Crippen molar-refractivity contribution in [2.24, 2.45) is 0 Å². The Kier molecular flexibility index (Phi) is 4.70. The van der Waals surface area contributed by atoms with Crippen molar-refractivity contribution in [1.29, 1.82) is 0 Å². The lowest BCUT2D eigenvalue weighted by molar-refractivity contribution is 0.321. The molecular formula is C16H26N2O. The molecule has 1 aliphatic heterocycles. The summed E-state index contributed by atoms with van der Waals surface area (Å²) in [6, 6.07) is 8.34. The molecule has 0 aliphatic carbocycles. The average molecular weight is 262 g/mol. The molecule has 0 radical (unpaired) electrons. The van der Waals surface area contributed by atoms with Gasteiger partial charge in [-0.25, -0.2) is 0 Å². The highest BCUT2D eigenvalue weighted by Crippen LogP contribution is 2.31. The molecule has 0 atom stereocenters. The maximum absolute atomic E-state index is 5.51. The van der Waals surface area contributed by atoms with Crippen LogP contribution in [-0.4, -0.2) is 32.3 Å². The van der Waals surface area contributed by atoms with Crippen molar-refractivity contribution in [3.63, 3.8) is 0 Å². The van der Waals surface area contributed by atoms with Gasteiger partial charge in [0.25, 0.3) is 0 Å². The van der Waals surface area contributed by atoms with Crippen LogP contribution >= 0.6 is 0 Å². The molecule has 0 amide bonds. The zero-order valence-electron chi connectivity index (χ0n) is 12.4. The van der Waals surface area contributed by atoms with Crippen LogP contribution in [0.15, 0.2) is 24.3 Å². The Hall–Kier alpha value is -1.22. The van der Waals surface area contributed by atoms with Crippen molar-refractivity contribution in [3.8, 4) is 5.75 Å². The van der Waals surface area contributed by atoms with Crippen molar-refractivity contribution in [2.45, 2.75) is 38.6 Å². The van der Waals surface area contributed by atoms with Crippen LogP contribution in [0.25, 0.3) is 0 Å². The van der Waals surface area contributed by atoms with Gasteiger partial charge in [0.2, 0.25) is 0 Å². The van der Waals surface area contributed by atoms with Crippen LogP contribution in [0, 0.1) is 0 Å². The second-order valence-electron chi connectivity index (χ2n) is 5.36. The predicted octanol–water partition coefficient (Wildman–Crippen LogP) is 3.05. The van der Waals surface area contributed by atoms with Crippen molar-refractivity contribution in [2.75, 3.05) is 31.6 Å². The second-order valence-corrected chi connectivity index (χ2v) is 5.36. The smallest absolute Gasteiger partial charge is 0.142 e. The Labute approximate surface area is 116 Å². The van der Waals surface area contributed by atoms with Gasteiger partial charge in [-0.05, 0) is 37.9 Å². The van der Waals surface area contributed by atoms with E-state index in [1.807, 2.05) is 12.1 Å². The van der Waals surface area contributed by atoms with Gasteiger partial charge < -0.3 is 15.0 Å². The number of hydrogen-bond acceptors (Lipinski definition) is 3. The number of rotatable bonds is 4. The van der Waals surface area contributed by atoms with Gasteiger partial charge in [0, 0.05) is 18.6 Å². The van der Waals surface area contributed by atoms with Crippen LogP contribution in [0.2, 0.25) is 0 Å². The van der Waals surface area contributed by atoms with Crippen LogP contribution in [0.4, 0.5) is 5.69 Å². The molecule has 1 aromatic carbocycles. The van der Waals surface area contributed by atoms with Crippen LogP contribution in [-0.2, 0) is 0 Å². The molecular weight excluding hydrogens is 236 g/mol. The van der Waals surface area contributed by atoms with Gasteiger partial charge in [-0.15, -0.1) is 0 Å². The van der Waals surface area contributed by atoms with E-state index < -0.39 is 0 Å². The Bertz CT molecular complexity index is 401. The summed E-state index contributed by atoms with van der Waals surface area (Å²) in [6.45, 7) is 7.81. The molecule has 3 heteroatoms. The topological polar surface area (TPSA) is 24.5 Å². The summed E-state index contributed by atoms with van der Waals surface area (Å²) in [4.78, 5) is 2.48. The first-order valence-electron chi connectivity index (χ1n) is 7.37. The van der Waals surface area contributed by atoms with Crippen molar-refractivity contribution in [1.82, 2.24) is 5.32 Å². The molecule has 0 aromatic heterocycles. The summed E-state index contributed by atoms with van der Waals surface area (Å²) in [5.41, 5.74) is 1.46. The zero-order valence-corrected chi connectivity index (χ0v) is 12.4. The van der Waals surface area contributed by atoms with Crippen LogP contribution in [0.5, 0.6) is 5.75 Å². The fraction of sp³-hybridized carbons (Fsp3) is 0.625. The van der Waals surface area contributed by atoms with Gasteiger partial charge in [0.05, 0.1) is 12.8 Å². The summed E-state index contributed by atoms with van der Waals surface area (Å²) in [5, 5.41) is 3.75. The van der Waals surface area contributed by atoms with Gasteiger partial charge in [-0.2, -0.15) is 0 Å². The minimum atomic E-state index is 0.233. The molecule has 0 saturated carbocycles. The maximum atomic E-state index is 5.51. The molecule has 3 nitrogen and oxygen atoms in total. The highest BCUT2D eigenvalue weighted by Gasteiger charge is 2.31. The lowest BCUT2D eigenvalue weighted by Gasteiger charge is -2.36. The Morgan fingerprint density at radius 2 is 2.00 bits per heavy atom. The number of hydrogen-bond donors (Lipinski definition) is 1. The van der Waals surface area contributed by atoms with E-state index in [9.17, 15) is 0 Å². The van der Waals surface area contributed by atoms with E-state index in [0.29, 0.717) is 0 Å². The number of anilines is 1. The van der Waals surface area contributed by atoms with Gasteiger partial charge in [0.1, 0.15) is 5.75 Å². The minimum Gasteiger partial charge on any atom is -0.495 e. The number of ether oxygens (including phenoxy) is 1. The normalized spacial score (nSPS) is 19.0. The van der Waals surface area contributed by atoms with E-state index in [-0.39, 0.29) is 5.54 Å². The van der Waals surface area contributed by atoms with Gasteiger partial charge >= 0.3 is 0 Å². The largest absolute Gasteiger partial charge is 0.495 e. The molecule has 1 N–H and O–H groups in total. The van der Waals surface area contributed by atoms with E-state index in [1.54, 1.807) is 7.11 Å². The van der Waals surface area contributed by atoms with E-state index >= 15 is 0 Å². The molecule has 1 fully saturated rings. The lowest BCUT2D eigenvalue weighted by atomic mass is 9.92. The molecule has 1 heterocycles. The number of nitrogens with one attached hydrogen (secondary N) is 1. The first-order valence-corrected chi connectivity index (χ1v) is 7.37. The van der Waals surface area contributed by atoms with Crippen molar-refractivity contribution >= 4 is 5.69 Å².